The molecule has 6 nitrogen and oxygen atoms in total. The van der Waals surface area contributed by atoms with Crippen LogP contribution in [0.4, 0.5) is 4.79 Å². The van der Waals surface area contributed by atoms with Crippen LogP contribution in [-0.2, 0) is 17.7 Å². The highest BCUT2D eigenvalue weighted by Crippen LogP contribution is 2.31. The lowest BCUT2D eigenvalue weighted by molar-refractivity contribution is 0.0220. The number of benzene rings is 1. The monoisotopic (exact) mass is 307 g/mol. The molecule has 0 fully saturated rings. The van der Waals surface area contributed by atoms with Crippen molar-refractivity contribution in [2.24, 2.45) is 0 Å². The summed E-state index contributed by atoms with van der Waals surface area (Å²) in [5.74, 6) is -0.353. The summed E-state index contributed by atoms with van der Waals surface area (Å²) < 4.78 is 10.7. The molecule has 0 saturated heterocycles. The first kappa shape index (κ1) is 16.1. The number of hydrogen-bond acceptors (Lipinski definition) is 4. The zero-order valence-electron chi connectivity index (χ0n) is 13.3. The van der Waals surface area contributed by atoms with Crippen LogP contribution in [0, 0.1) is 0 Å². The van der Waals surface area contributed by atoms with Crippen LogP contribution in [0.3, 0.4) is 0 Å². The molecule has 1 aromatic rings. The molecule has 1 aliphatic rings. The van der Waals surface area contributed by atoms with Crippen molar-refractivity contribution in [1.82, 2.24) is 4.90 Å². The van der Waals surface area contributed by atoms with E-state index in [0.717, 1.165) is 5.56 Å². The summed E-state index contributed by atoms with van der Waals surface area (Å²) in [7, 11) is 1.55. The highest BCUT2D eigenvalue weighted by molar-refractivity contribution is 5.90. The molecule has 0 saturated carbocycles. The highest BCUT2D eigenvalue weighted by Gasteiger charge is 2.29. The number of amides is 1. The third kappa shape index (κ3) is 3.32. The second-order valence-corrected chi connectivity index (χ2v) is 6.23. The number of nitrogens with zero attached hydrogens (tertiary/aromatic N) is 1. The first-order valence-electron chi connectivity index (χ1n) is 7.13. The minimum absolute atomic E-state index is 0.198. The predicted octanol–water partition coefficient (Wildman–Crippen LogP) is 2.69. The maximum absolute atomic E-state index is 12.2. The third-order valence-electron chi connectivity index (χ3n) is 3.47. The molecule has 1 aromatic carbocycles. The van der Waals surface area contributed by atoms with Crippen molar-refractivity contribution in [2.75, 3.05) is 13.7 Å². The number of carbonyl (C=O) groups is 2. The summed E-state index contributed by atoms with van der Waals surface area (Å²) >= 11 is 0. The topological polar surface area (TPSA) is 76.1 Å². The van der Waals surface area contributed by atoms with Gasteiger partial charge in [-0.1, -0.05) is 0 Å². The summed E-state index contributed by atoms with van der Waals surface area (Å²) in [4.78, 5) is 25.1. The highest BCUT2D eigenvalue weighted by atomic mass is 16.6. The minimum Gasteiger partial charge on any atom is -0.496 e. The lowest BCUT2D eigenvalue weighted by atomic mass is 9.94. The Kier molecular flexibility index (Phi) is 4.30. The molecule has 22 heavy (non-hydrogen) atoms. The Hall–Kier alpha value is -2.24. The average Bonchev–Trinajstić information content (AvgIpc) is 2.43. The van der Waals surface area contributed by atoms with Gasteiger partial charge in [0.25, 0.3) is 0 Å². The van der Waals surface area contributed by atoms with E-state index in [-0.39, 0.29) is 12.1 Å². The van der Waals surface area contributed by atoms with Crippen LogP contribution >= 0.6 is 0 Å². The number of hydrogen-bond donors (Lipinski definition) is 1. The van der Waals surface area contributed by atoms with E-state index in [1.54, 1.807) is 33.9 Å². The van der Waals surface area contributed by atoms with Crippen molar-refractivity contribution in [1.29, 1.82) is 0 Å². The molecule has 1 heterocycles. The Morgan fingerprint density at radius 3 is 2.45 bits per heavy atom. The van der Waals surface area contributed by atoms with Gasteiger partial charge in [0.2, 0.25) is 0 Å². The smallest absolute Gasteiger partial charge is 0.410 e. The van der Waals surface area contributed by atoms with E-state index in [9.17, 15) is 14.7 Å². The molecular formula is C16H21NO5. The fraction of sp³-hybridized carbons (Fsp3) is 0.500. The van der Waals surface area contributed by atoms with Crippen molar-refractivity contribution in [2.45, 2.75) is 39.3 Å². The fourth-order valence-corrected chi connectivity index (χ4v) is 2.52. The summed E-state index contributed by atoms with van der Waals surface area (Å²) in [5.41, 5.74) is 1.08. The molecule has 0 spiro atoms. The van der Waals surface area contributed by atoms with Gasteiger partial charge in [-0.25, -0.2) is 9.59 Å². The van der Waals surface area contributed by atoms with Crippen LogP contribution in [0.5, 0.6) is 5.75 Å². The number of rotatable bonds is 2. The molecule has 1 amide bonds. The van der Waals surface area contributed by atoms with Crippen molar-refractivity contribution in [3.63, 3.8) is 0 Å². The number of fused-ring (bicyclic) bond motifs is 1. The Morgan fingerprint density at radius 1 is 1.23 bits per heavy atom. The maximum atomic E-state index is 12.2. The number of aromatic carboxylic acids is 1. The quantitative estimate of drug-likeness (QED) is 0.909. The van der Waals surface area contributed by atoms with E-state index >= 15 is 0 Å². The number of carboxylic acid groups (broad SMARTS) is 1. The van der Waals surface area contributed by atoms with Crippen molar-refractivity contribution in [3.8, 4) is 5.75 Å². The maximum Gasteiger partial charge on any atom is 0.410 e. The van der Waals surface area contributed by atoms with Gasteiger partial charge in [0, 0.05) is 12.1 Å². The molecule has 2 rings (SSSR count). The van der Waals surface area contributed by atoms with E-state index in [1.165, 1.54) is 11.0 Å². The van der Waals surface area contributed by atoms with Gasteiger partial charge in [0.15, 0.2) is 0 Å². The SMILES string of the molecule is COc1ccc(C(=O)O)c2c1CCN(C(=O)OC(C)(C)C)C2. The standard InChI is InChI=1S/C16H21NO5/c1-16(2,3)22-15(20)17-8-7-10-12(9-17)11(14(18)19)5-6-13(10)21-4/h5-6H,7-9H2,1-4H3,(H,18,19). The van der Waals surface area contributed by atoms with E-state index in [2.05, 4.69) is 0 Å². The van der Waals surface area contributed by atoms with E-state index in [0.29, 0.717) is 24.3 Å². The van der Waals surface area contributed by atoms with Gasteiger partial charge in [0.1, 0.15) is 11.4 Å². The Labute approximate surface area is 129 Å². The Morgan fingerprint density at radius 2 is 1.91 bits per heavy atom. The first-order chi connectivity index (χ1) is 10.2. The van der Waals surface area contributed by atoms with Crippen LogP contribution in [-0.4, -0.2) is 41.3 Å². The fourth-order valence-electron chi connectivity index (χ4n) is 2.52. The Balaban J connectivity index is 2.32. The second kappa shape index (κ2) is 5.87. The normalized spacial score (nSPS) is 14.3. The van der Waals surface area contributed by atoms with E-state index in [4.69, 9.17) is 9.47 Å². The van der Waals surface area contributed by atoms with Crippen LogP contribution in [0.1, 0.15) is 42.3 Å². The molecule has 0 bridgehead atoms. The number of methoxy groups -OCH3 is 1. The lowest BCUT2D eigenvalue weighted by Gasteiger charge is -2.32. The summed E-state index contributed by atoms with van der Waals surface area (Å²) in [6, 6.07) is 3.17. The minimum atomic E-state index is -1.01. The zero-order valence-corrected chi connectivity index (χ0v) is 13.3. The van der Waals surface area contributed by atoms with Crippen molar-refractivity contribution < 1.29 is 24.2 Å². The average molecular weight is 307 g/mol. The van der Waals surface area contributed by atoms with Crippen LogP contribution in [0.15, 0.2) is 12.1 Å². The van der Waals surface area contributed by atoms with Crippen LogP contribution in [0.25, 0.3) is 0 Å². The van der Waals surface area contributed by atoms with Gasteiger partial charge in [-0.15, -0.1) is 0 Å². The number of carbonyl (C=O) groups excluding carboxylic acids is 1. The van der Waals surface area contributed by atoms with E-state index in [1.807, 2.05) is 0 Å². The molecule has 6 heteroatoms. The first-order valence-corrected chi connectivity index (χ1v) is 7.13. The van der Waals surface area contributed by atoms with Crippen LogP contribution in [0.2, 0.25) is 0 Å². The van der Waals surface area contributed by atoms with Gasteiger partial charge in [-0.3, -0.25) is 0 Å². The van der Waals surface area contributed by atoms with Crippen molar-refractivity contribution in [3.05, 3.63) is 28.8 Å². The number of ether oxygens (including phenoxy) is 2. The lowest BCUT2D eigenvalue weighted by Crippen LogP contribution is -2.40. The molecule has 0 atom stereocenters. The second-order valence-electron chi connectivity index (χ2n) is 6.23. The van der Waals surface area contributed by atoms with E-state index < -0.39 is 17.7 Å². The van der Waals surface area contributed by atoms with Gasteiger partial charge < -0.3 is 19.5 Å². The van der Waals surface area contributed by atoms with Gasteiger partial charge in [0.05, 0.1) is 19.2 Å². The third-order valence-corrected chi connectivity index (χ3v) is 3.47. The Bertz CT molecular complexity index is 603. The molecular weight excluding hydrogens is 286 g/mol. The van der Waals surface area contributed by atoms with Gasteiger partial charge in [-0.05, 0) is 44.9 Å². The van der Waals surface area contributed by atoms with Crippen LogP contribution < -0.4 is 4.74 Å². The molecule has 0 unspecified atom stereocenters. The molecule has 1 aliphatic heterocycles. The number of carboxylic acids is 1. The molecule has 0 aliphatic carbocycles. The molecule has 0 aromatic heterocycles. The summed E-state index contributed by atoms with van der Waals surface area (Å²) in [6.07, 6.45) is 0.107. The molecule has 1 N–H and O–H groups in total. The summed E-state index contributed by atoms with van der Waals surface area (Å²) in [6.45, 7) is 6.09. The van der Waals surface area contributed by atoms with Gasteiger partial charge in [-0.2, -0.15) is 0 Å². The van der Waals surface area contributed by atoms with Crippen molar-refractivity contribution >= 4 is 12.1 Å². The van der Waals surface area contributed by atoms with Gasteiger partial charge >= 0.3 is 12.1 Å². The predicted molar refractivity (Wildman–Crippen MR) is 80.3 cm³/mol. The largest absolute Gasteiger partial charge is 0.496 e. The molecule has 0 radical (unpaired) electrons. The summed E-state index contributed by atoms with van der Waals surface area (Å²) in [5, 5.41) is 9.34. The molecule has 120 valence electrons. The zero-order chi connectivity index (χ0) is 16.5.